The summed E-state index contributed by atoms with van der Waals surface area (Å²) in [7, 11) is -4.54. The molecular formula is C16H12F3NO5S. The summed E-state index contributed by atoms with van der Waals surface area (Å²) in [6.07, 6.45) is -5.02. The Kier molecular flexibility index (Phi) is 5.36. The zero-order chi connectivity index (χ0) is 19.5. The van der Waals surface area contributed by atoms with Crippen LogP contribution in [-0.4, -0.2) is 31.4 Å². The van der Waals surface area contributed by atoms with Gasteiger partial charge in [-0.25, -0.2) is 4.79 Å². The van der Waals surface area contributed by atoms with E-state index in [2.05, 4.69) is 9.44 Å². The molecule has 0 aliphatic heterocycles. The molecule has 10 heteroatoms. The Morgan fingerprint density at radius 2 is 1.50 bits per heavy atom. The number of carboxylic acid groups (broad SMARTS) is 1. The van der Waals surface area contributed by atoms with Crippen molar-refractivity contribution in [1.29, 1.82) is 0 Å². The number of hydrogen-bond acceptors (Lipinski definition) is 5. The fourth-order valence-corrected chi connectivity index (χ4v) is 2.60. The minimum absolute atomic E-state index is 0.233. The average Bonchev–Trinajstić information content (AvgIpc) is 2.54. The smallest absolute Gasteiger partial charge is 0.437 e. The van der Waals surface area contributed by atoms with Crippen molar-refractivity contribution >= 4 is 21.8 Å². The van der Waals surface area contributed by atoms with Gasteiger partial charge in [-0.2, -0.15) is 21.6 Å². The average molecular weight is 387 g/mol. The third-order valence-electron chi connectivity index (χ3n) is 3.21. The van der Waals surface area contributed by atoms with E-state index >= 15 is 0 Å². The SMILES string of the molecule is Cc1ccc(S(=O)(=O)ON=C(c2ccc(C(=O)O)cc2)C(F)(F)F)cc1. The fraction of sp³-hybridized carbons (Fsp3) is 0.125. The number of benzene rings is 2. The van der Waals surface area contributed by atoms with Gasteiger partial charge in [-0.15, -0.1) is 0 Å². The highest BCUT2D eigenvalue weighted by molar-refractivity contribution is 7.86. The Balaban J connectivity index is 2.38. The topological polar surface area (TPSA) is 93.0 Å². The molecule has 0 spiro atoms. The minimum Gasteiger partial charge on any atom is -0.478 e. The Labute approximate surface area is 146 Å². The number of rotatable bonds is 5. The van der Waals surface area contributed by atoms with E-state index in [4.69, 9.17) is 5.11 Å². The normalized spacial score (nSPS) is 12.7. The highest BCUT2D eigenvalue weighted by Crippen LogP contribution is 2.24. The Morgan fingerprint density at radius 1 is 1.00 bits per heavy atom. The number of halogens is 3. The third kappa shape index (κ3) is 4.60. The van der Waals surface area contributed by atoms with Gasteiger partial charge in [-0.3, -0.25) is 4.28 Å². The van der Waals surface area contributed by atoms with Crippen molar-refractivity contribution in [2.75, 3.05) is 0 Å². The molecule has 0 aliphatic carbocycles. The van der Waals surface area contributed by atoms with Gasteiger partial charge in [0.25, 0.3) is 0 Å². The summed E-state index contributed by atoms with van der Waals surface area (Å²) < 4.78 is 67.7. The van der Waals surface area contributed by atoms with Crippen LogP contribution in [0.4, 0.5) is 13.2 Å². The summed E-state index contributed by atoms with van der Waals surface area (Å²) in [6, 6.07) is 8.85. The monoisotopic (exact) mass is 387 g/mol. The first-order valence-corrected chi connectivity index (χ1v) is 8.41. The molecule has 0 amide bonds. The molecule has 0 atom stereocenters. The number of aromatic carboxylic acids is 1. The molecule has 0 saturated carbocycles. The van der Waals surface area contributed by atoms with Crippen LogP contribution in [0.25, 0.3) is 0 Å². The number of carbonyl (C=O) groups is 1. The molecule has 6 nitrogen and oxygen atoms in total. The summed E-state index contributed by atoms with van der Waals surface area (Å²) in [5, 5.41) is 11.5. The molecule has 0 saturated heterocycles. The second kappa shape index (κ2) is 7.16. The van der Waals surface area contributed by atoms with Crippen molar-refractivity contribution in [2.24, 2.45) is 5.16 Å². The van der Waals surface area contributed by atoms with Gasteiger partial charge in [0.05, 0.1) is 5.56 Å². The first-order chi connectivity index (χ1) is 12.0. The molecule has 138 valence electrons. The van der Waals surface area contributed by atoms with E-state index in [9.17, 15) is 26.4 Å². The molecule has 0 heterocycles. The van der Waals surface area contributed by atoms with E-state index in [1.807, 2.05) is 0 Å². The minimum atomic E-state index is -5.02. The van der Waals surface area contributed by atoms with Gasteiger partial charge in [0, 0.05) is 5.56 Å². The molecule has 0 radical (unpaired) electrons. The van der Waals surface area contributed by atoms with Crippen LogP contribution in [0.3, 0.4) is 0 Å². The van der Waals surface area contributed by atoms with E-state index in [0.717, 1.165) is 29.8 Å². The molecule has 1 N–H and O–H groups in total. The van der Waals surface area contributed by atoms with Crippen LogP contribution in [0.15, 0.2) is 58.6 Å². The Morgan fingerprint density at radius 3 is 1.96 bits per heavy atom. The van der Waals surface area contributed by atoms with Gasteiger partial charge in [-0.05, 0) is 31.2 Å². The second-order valence-corrected chi connectivity index (χ2v) is 6.69. The number of oxime groups is 1. The first kappa shape index (κ1) is 19.4. The highest BCUT2D eigenvalue weighted by atomic mass is 32.2. The fourth-order valence-electron chi connectivity index (χ4n) is 1.87. The Hall–Kier alpha value is -2.88. The van der Waals surface area contributed by atoms with Gasteiger partial charge in [-0.1, -0.05) is 35.0 Å². The molecule has 0 aliphatic rings. The predicted molar refractivity (Wildman–Crippen MR) is 85.4 cm³/mol. The lowest BCUT2D eigenvalue weighted by atomic mass is 10.1. The van der Waals surface area contributed by atoms with Crippen LogP contribution in [0.5, 0.6) is 0 Å². The van der Waals surface area contributed by atoms with Crippen molar-refractivity contribution < 1.29 is 35.8 Å². The Bertz CT molecular complexity index is 933. The quantitative estimate of drug-likeness (QED) is 0.627. The van der Waals surface area contributed by atoms with E-state index in [0.29, 0.717) is 0 Å². The molecule has 0 fully saturated rings. The molecule has 26 heavy (non-hydrogen) atoms. The van der Waals surface area contributed by atoms with E-state index in [1.54, 1.807) is 6.92 Å². The van der Waals surface area contributed by atoms with Gasteiger partial charge in [0.1, 0.15) is 4.90 Å². The molecular weight excluding hydrogens is 375 g/mol. The molecule has 0 bridgehead atoms. The van der Waals surface area contributed by atoms with Crippen LogP contribution >= 0.6 is 0 Å². The maximum absolute atomic E-state index is 13.2. The second-order valence-electron chi connectivity index (χ2n) is 5.16. The van der Waals surface area contributed by atoms with Crippen molar-refractivity contribution in [3.63, 3.8) is 0 Å². The predicted octanol–water partition coefficient (Wildman–Crippen LogP) is 3.37. The maximum Gasteiger partial charge on any atom is 0.437 e. The van der Waals surface area contributed by atoms with E-state index in [1.165, 1.54) is 24.3 Å². The maximum atomic E-state index is 13.2. The molecule has 0 unspecified atom stereocenters. The van der Waals surface area contributed by atoms with Crippen LogP contribution in [0, 0.1) is 6.92 Å². The van der Waals surface area contributed by atoms with Crippen LogP contribution < -0.4 is 0 Å². The van der Waals surface area contributed by atoms with Crippen LogP contribution in [0.1, 0.15) is 21.5 Å². The van der Waals surface area contributed by atoms with Gasteiger partial charge in [0.15, 0.2) is 5.71 Å². The summed E-state index contributed by atoms with van der Waals surface area (Å²) in [5.41, 5.74) is -1.63. The number of aryl methyl sites for hydroxylation is 1. The lowest BCUT2D eigenvalue weighted by Crippen LogP contribution is -2.25. The van der Waals surface area contributed by atoms with Crippen LogP contribution in [0.2, 0.25) is 0 Å². The summed E-state index contributed by atoms with van der Waals surface area (Å²) in [6.45, 7) is 1.71. The van der Waals surface area contributed by atoms with Gasteiger partial charge < -0.3 is 5.11 Å². The zero-order valence-corrected chi connectivity index (χ0v) is 14.0. The molecule has 0 aromatic heterocycles. The summed E-state index contributed by atoms with van der Waals surface area (Å²) >= 11 is 0. The first-order valence-electron chi connectivity index (χ1n) is 7.00. The standard InChI is InChI=1S/C16H12F3NO5S/c1-10-2-8-13(9-3-10)26(23,24)25-20-14(16(17,18)19)11-4-6-12(7-5-11)15(21)22/h2-9H,1H3,(H,21,22). The highest BCUT2D eigenvalue weighted by Gasteiger charge is 2.38. The van der Waals surface area contributed by atoms with Crippen molar-refractivity contribution in [3.8, 4) is 0 Å². The lowest BCUT2D eigenvalue weighted by molar-refractivity contribution is -0.0597. The van der Waals surface area contributed by atoms with Crippen molar-refractivity contribution in [2.45, 2.75) is 18.0 Å². The number of carboxylic acids is 1. The largest absolute Gasteiger partial charge is 0.478 e. The number of hydrogen-bond donors (Lipinski definition) is 1. The zero-order valence-electron chi connectivity index (χ0n) is 13.2. The van der Waals surface area contributed by atoms with Crippen molar-refractivity contribution in [3.05, 3.63) is 65.2 Å². The number of alkyl halides is 3. The van der Waals surface area contributed by atoms with Gasteiger partial charge >= 0.3 is 22.3 Å². The van der Waals surface area contributed by atoms with E-state index < -0.39 is 33.5 Å². The lowest BCUT2D eigenvalue weighted by Gasteiger charge is -2.10. The van der Waals surface area contributed by atoms with Crippen LogP contribution in [-0.2, 0) is 14.4 Å². The number of nitrogens with zero attached hydrogens (tertiary/aromatic N) is 1. The summed E-state index contributed by atoms with van der Waals surface area (Å²) in [4.78, 5) is 10.4. The van der Waals surface area contributed by atoms with E-state index in [-0.39, 0.29) is 10.5 Å². The van der Waals surface area contributed by atoms with Crippen molar-refractivity contribution in [1.82, 2.24) is 0 Å². The molecule has 2 rings (SSSR count). The molecule has 2 aromatic carbocycles. The summed E-state index contributed by atoms with van der Waals surface area (Å²) in [5.74, 6) is -1.32. The molecule has 2 aromatic rings. The van der Waals surface area contributed by atoms with Gasteiger partial charge in [0.2, 0.25) is 0 Å². The third-order valence-corrected chi connectivity index (χ3v) is 4.33.